The zero-order valence-corrected chi connectivity index (χ0v) is 20.6. The van der Waals surface area contributed by atoms with Crippen molar-refractivity contribution in [1.82, 2.24) is 20.6 Å². The average molecular weight is 514 g/mol. The van der Waals surface area contributed by atoms with E-state index in [0.29, 0.717) is 53.2 Å². The maximum atomic E-state index is 12.5. The molecule has 0 saturated heterocycles. The summed E-state index contributed by atoms with van der Waals surface area (Å²) in [6.07, 6.45) is 1.78. The highest BCUT2D eigenvalue weighted by molar-refractivity contribution is 6.30. The Hall–Kier alpha value is -3.92. The zero-order chi connectivity index (χ0) is 25.9. The molecule has 3 rings (SSSR count). The van der Waals surface area contributed by atoms with Crippen LogP contribution in [-0.4, -0.2) is 47.6 Å². The molecule has 3 amide bonds. The molecule has 0 aliphatic heterocycles. The van der Waals surface area contributed by atoms with Crippen molar-refractivity contribution in [2.45, 2.75) is 38.1 Å². The summed E-state index contributed by atoms with van der Waals surface area (Å²) in [7, 11) is 1.26. The number of amides is 3. The quantitative estimate of drug-likeness (QED) is 0.229. The standard InChI is InChI=1S/C25H28ClN5O5/c1-36-24(34)20(8-4-5-15-27-25(35)28-17-11-9-16(26)10-12-17)30-22(32)14-13-21-29-19-7-3-2-6-18(19)23(33)31-21/h2-3,6-7,9-12,20H,4-5,8,13-15H2,1H3,(H,30,32)(H2,27,28,35)(H,29,31,33)/t20-/m0/s1. The third kappa shape index (κ3) is 8.09. The van der Waals surface area contributed by atoms with Gasteiger partial charge in [-0.05, 0) is 55.7 Å². The van der Waals surface area contributed by atoms with Gasteiger partial charge in [-0.15, -0.1) is 0 Å². The number of aryl methyl sites for hydroxylation is 1. The summed E-state index contributed by atoms with van der Waals surface area (Å²) in [6.45, 7) is 0.391. The summed E-state index contributed by atoms with van der Waals surface area (Å²) in [4.78, 5) is 55.8. The second-order valence-electron chi connectivity index (χ2n) is 8.06. The number of halogens is 1. The number of nitrogens with zero attached hydrogens (tertiary/aromatic N) is 1. The Labute approximate surface area is 212 Å². The maximum Gasteiger partial charge on any atom is 0.328 e. The Morgan fingerprint density at radius 1 is 1.08 bits per heavy atom. The molecule has 0 saturated carbocycles. The van der Waals surface area contributed by atoms with Crippen LogP contribution in [0.15, 0.2) is 53.3 Å². The molecule has 0 fully saturated rings. The summed E-state index contributed by atoms with van der Waals surface area (Å²) in [5.41, 5.74) is 0.909. The van der Waals surface area contributed by atoms with Crippen molar-refractivity contribution in [2.75, 3.05) is 19.0 Å². The Morgan fingerprint density at radius 2 is 1.83 bits per heavy atom. The number of hydrogen-bond acceptors (Lipinski definition) is 6. The molecule has 4 N–H and O–H groups in total. The molecule has 10 nitrogen and oxygen atoms in total. The minimum Gasteiger partial charge on any atom is -0.467 e. The van der Waals surface area contributed by atoms with E-state index in [1.807, 2.05) is 0 Å². The van der Waals surface area contributed by atoms with Crippen LogP contribution in [0.3, 0.4) is 0 Å². The van der Waals surface area contributed by atoms with Crippen molar-refractivity contribution in [1.29, 1.82) is 0 Å². The number of rotatable bonds is 11. The van der Waals surface area contributed by atoms with Gasteiger partial charge in [-0.2, -0.15) is 0 Å². The number of carbonyl (C=O) groups is 3. The van der Waals surface area contributed by atoms with Crippen LogP contribution in [0.25, 0.3) is 10.9 Å². The molecule has 1 aromatic heterocycles. The van der Waals surface area contributed by atoms with Crippen molar-refractivity contribution in [3.8, 4) is 0 Å². The minimum atomic E-state index is -0.811. The second-order valence-corrected chi connectivity index (χ2v) is 8.49. The molecule has 0 radical (unpaired) electrons. The summed E-state index contributed by atoms with van der Waals surface area (Å²) in [6, 6.07) is 12.5. The van der Waals surface area contributed by atoms with Crippen LogP contribution in [-0.2, 0) is 20.7 Å². The number of aromatic nitrogens is 2. The number of nitrogens with one attached hydrogen (secondary N) is 4. The van der Waals surface area contributed by atoms with Gasteiger partial charge < -0.3 is 25.7 Å². The molecular formula is C25H28ClN5O5. The molecule has 2 aromatic carbocycles. The molecule has 3 aromatic rings. The number of benzene rings is 2. The fraction of sp³-hybridized carbons (Fsp3) is 0.320. The first kappa shape index (κ1) is 26.7. The lowest BCUT2D eigenvalue weighted by atomic mass is 10.1. The highest BCUT2D eigenvalue weighted by Crippen LogP contribution is 2.13. The molecule has 0 aliphatic carbocycles. The van der Waals surface area contributed by atoms with E-state index in [9.17, 15) is 19.2 Å². The maximum absolute atomic E-state index is 12.5. The third-order valence-electron chi connectivity index (χ3n) is 5.38. The van der Waals surface area contributed by atoms with Gasteiger partial charge >= 0.3 is 12.0 Å². The van der Waals surface area contributed by atoms with Gasteiger partial charge in [-0.3, -0.25) is 9.59 Å². The molecule has 0 bridgehead atoms. The number of unbranched alkanes of at least 4 members (excludes halogenated alkanes) is 1. The van der Waals surface area contributed by atoms with Gasteiger partial charge in [0.15, 0.2) is 0 Å². The van der Waals surface area contributed by atoms with Crippen LogP contribution in [0.1, 0.15) is 31.5 Å². The summed E-state index contributed by atoms with van der Waals surface area (Å²) < 4.78 is 4.81. The first-order chi connectivity index (χ1) is 17.4. The molecule has 1 atom stereocenters. The summed E-state index contributed by atoms with van der Waals surface area (Å²) >= 11 is 5.82. The molecule has 0 unspecified atom stereocenters. The highest BCUT2D eigenvalue weighted by Gasteiger charge is 2.21. The molecule has 0 spiro atoms. The number of para-hydroxylation sites is 1. The monoisotopic (exact) mass is 513 g/mol. The fourth-order valence-corrected chi connectivity index (χ4v) is 3.65. The molecule has 190 valence electrons. The lowest BCUT2D eigenvalue weighted by Crippen LogP contribution is -2.41. The van der Waals surface area contributed by atoms with Gasteiger partial charge in [-0.25, -0.2) is 14.6 Å². The van der Waals surface area contributed by atoms with Crippen molar-refractivity contribution < 1.29 is 19.1 Å². The van der Waals surface area contributed by atoms with Gasteiger partial charge in [0, 0.05) is 30.1 Å². The van der Waals surface area contributed by atoms with E-state index >= 15 is 0 Å². The van der Waals surface area contributed by atoms with E-state index in [4.69, 9.17) is 16.3 Å². The number of ether oxygens (including phenoxy) is 1. The Balaban J connectivity index is 1.41. The summed E-state index contributed by atoms with van der Waals surface area (Å²) in [5.74, 6) is -0.512. The van der Waals surface area contributed by atoms with Crippen LogP contribution in [0.2, 0.25) is 5.02 Å². The van der Waals surface area contributed by atoms with Gasteiger partial charge in [0.25, 0.3) is 5.56 Å². The van der Waals surface area contributed by atoms with Crippen LogP contribution in [0.5, 0.6) is 0 Å². The SMILES string of the molecule is COC(=O)[C@H](CCCCNC(=O)Nc1ccc(Cl)cc1)NC(=O)CCc1nc2ccccc2c(=O)[nH]1. The van der Waals surface area contributed by atoms with E-state index < -0.39 is 12.0 Å². The first-order valence-corrected chi connectivity index (χ1v) is 11.9. The Bertz CT molecular complexity index is 1260. The lowest BCUT2D eigenvalue weighted by Gasteiger charge is -2.16. The Morgan fingerprint density at radius 3 is 2.58 bits per heavy atom. The smallest absolute Gasteiger partial charge is 0.328 e. The van der Waals surface area contributed by atoms with Crippen LogP contribution in [0.4, 0.5) is 10.5 Å². The molecule has 0 aliphatic rings. The van der Waals surface area contributed by atoms with Gasteiger partial charge in [0.1, 0.15) is 11.9 Å². The number of carbonyl (C=O) groups excluding carboxylic acids is 3. The molecular weight excluding hydrogens is 486 g/mol. The second kappa shape index (κ2) is 13.2. The predicted molar refractivity (Wildman–Crippen MR) is 137 cm³/mol. The normalized spacial score (nSPS) is 11.5. The van der Waals surface area contributed by atoms with Crippen LogP contribution >= 0.6 is 11.6 Å². The van der Waals surface area contributed by atoms with E-state index in [1.165, 1.54) is 7.11 Å². The molecule has 36 heavy (non-hydrogen) atoms. The van der Waals surface area contributed by atoms with Crippen molar-refractivity contribution in [3.05, 3.63) is 69.7 Å². The minimum absolute atomic E-state index is 0.0429. The van der Waals surface area contributed by atoms with Gasteiger partial charge in [0.2, 0.25) is 5.91 Å². The van der Waals surface area contributed by atoms with Crippen molar-refractivity contribution >= 4 is 46.1 Å². The number of methoxy groups -OCH3 is 1. The third-order valence-corrected chi connectivity index (χ3v) is 5.63. The predicted octanol–water partition coefficient (Wildman–Crippen LogP) is 3.16. The van der Waals surface area contributed by atoms with Gasteiger partial charge in [-0.1, -0.05) is 23.7 Å². The lowest BCUT2D eigenvalue weighted by molar-refractivity contribution is -0.145. The molecule has 11 heteroatoms. The largest absolute Gasteiger partial charge is 0.467 e. The Kier molecular flexibility index (Phi) is 9.82. The number of aromatic amines is 1. The zero-order valence-electron chi connectivity index (χ0n) is 19.8. The van der Waals surface area contributed by atoms with E-state index in [1.54, 1.807) is 48.5 Å². The summed E-state index contributed by atoms with van der Waals surface area (Å²) in [5, 5.41) is 9.17. The molecule has 1 heterocycles. The average Bonchev–Trinajstić information content (AvgIpc) is 2.87. The van der Waals surface area contributed by atoms with Crippen LogP contribution in [0, 0.1) is 0 Å². The van der Waals surface area contributed by atoms with E-state index in [-0.39, 0.29) is 30.3 Å². The topological polar surface area (TPSA) is 142 Å². The van der Waals surface area contributed by atoms with Gasteiger partial charge in [0.05, 0.1) is 18.0 Å². The number of hydrogen-bond donors (Lipinski definition) is 4. The number of esters is 1. The first-order valence-electron chi connectivity index (χ1n) is 11.5. The van der Waals surface area contributed by atoms with Crippen molar-refractivity contribution in [2.24, 2.45) is 0 Å². The highest BCUT2D eigenvalue weighted by atomic mass is 35.5. The van der Waals surface area contributed by atoms with E-state index in [0.717, 1.165) is 0 Å². The van der Waals surface area contributed by atoms with Crippen molar-refractivity contribution in [3.63, 3.8) is 0 Å². The van der Waals surface area contributed by atoms with Crippen LogP contribution < -0.4 is 21.5 Å². The fourth-order valence-electron chi connectivity index (χ4n) is 3.53. The number of H-pyrrole nitrogens is 1. The number of anilines is 1. The number of fused-ring (bicyclic) bond motifs is 1. The van der Waals surface area contributed by atoms with E-state index in [2.05, 4.69) is 25.9 Å². The number of urea groups is 1.